The van der Waals surface area contributed by atoms with Crippen molar-refractivity contribution in [2.24, 2.45) is 0 Å². The van der Waals surface area contributed by atoms with E-state index in [0.717, 1.165) is 15.6 Å². The minimum absolute atomic E-state index is 0.160. The van der Waals surface area contributed by atoms with Gasteiger partial charge in [0.1, 0.15) is 0 Å². The van der Waals surface area contributed by atoms with Gasteiger partial charge in [0.05, 0.1) is 17.1 Å². The molecule has 7 heteroatoms. The van der Waals surface area contributed by atoms with Crippen LogP contribution in [0.5, 0.6) is 0 Å². The van der Waals surface area contributed by atoms with Gasteiger partial charge in [0, 0.05) is 15.1 Å². The van der Waals surface area contributed by atoms with Crippen LogP contribution < -0.4 is 4.72 Å². The summed E-state index contributed by atoms with van der Waals surface area (Å²) in [5, 5.41) is 0. The van der Waals surface area contributed by atoms with E-state index in [1.807, 2.05) is 26.0 Å². The molecule has 112 valence electrons. The van der Waals surface area contributed by atoms with Gasteiger partial charge < -0.3 is 0 Å². The molecule has 0 aliphatic carbocycles. The molecule has 0 aliphatic rings. The Labute approximate surface area is 141 Å². The Bertz CT molecular complexity index is 777. The van der Waals surface area contributed by atoms with Crippen LogP contribution in [0, 0.1) is 13.8 Å². The molecule has 2 aromatic rings. The molecular weight excluding hydrogens is 420 g/mol. The summed E-state index contributed by atoms with van der Waals surface area (Å²) in [4.78, 5) is 4.38. The molecule has 1 heterocycles. The van der Waals surface area contributed by atoms with Gasteiger partial charge in [-0.15, -0.1) is 0 Å². The van der Waals surface area contributed by atoms with E-state index in [-0.39, 0.29) is 11.4 Å². The second kappa shape index (κ2) is 6.56. The molecule has 1 N–H and O–H groups in total. The number of sulfonamides is 1. The van der Waals surface area contributed by atoms with E-state index in [2.05, 4.69) is 41.6 Å². The first kappa shape index (κ1) is 16.6. The van der Waals surface area contributed by atoms with Crippen LogP contribution in [0.25, 0.3) is 0 Å². The summed E-state index contributed by atoms with van der Waals surface area (Å²) < 4.78 is 28.7. The highest BCUT2D eigenvalue weighted by molar-refractivity contribution is 9.11. The standard InChI is InChI=1S/C14H14Br2N2O2S/c1-9-4-3-5-17-13(9)8-18-21(19,20)14-7-11(15)10(2)6-12(14)16/h3-7,18H,8H2,1-2H3. The summed E-state index contributed by atoms with van der Waals surface area (Å²) in [7, 11) is -3.61. The molecule has 0 aliphatic heterocycles. The predicted molar refractivity (Wildman–Crippen MR) is 89.6 cm³/mol. The maximum absolute atomic E-state index is 12.4. The predicted octanol–water partition coefficient (Wildman–Crippen LogP) is 3.70. The van der Waals surface area contributed by atoms with Gasteiger partial charge in [-0.1, -0.05) is 22.0 Å². The van der Waals surface area contributed by atoms with Gasteiger partial charge in [-0.05, 0) is 59.1 Å². The third-order valence-electron chi connectivity index (χ3n) is 3.05. The van der Waals surface area contributed by atoms with Crippen LogP contribution in [-0.4, -0.2) is 13.4 Å². The Hall–Kier alpha value is -0.760. The first-order valence-corrected chi connectivity index (χ1v) is 9.24. The van der Waals surface area contributed by atoms with Gasteiger partial charge in [0.25, 0.3) is 0 Å². The molecule has 1 aromatic heterocycles. The molecule has 0 atom stereocenters. The zero-order valence-corrected chi connectivity index (χ0v) is 15.5. The van der Waals surface area contributed by atoms with E-state index in [0.29, 0.717) is 10.2 Å². The zero-order chi connectivity index (χ0) is 15.6. The second-order valence-electron chi connectivity index (χ2n) is 4.62. The fourth-order valence-electron chi connectivity index (χ4n) is 1.78. The average Bonchev–Trinajstić information content (AvgIpc) is 2.42. The molecule has 0 fully saturated rings. The highest BCUT2D eigenvalue weighted by Crippen LogP contribution is 2.28. The molecule has 0 saturated carbocycles. The lowest BCUT2D eigenvalue weighted by molar-refractivity contribution is 0.579. The van der Waals surface area contributed by atoms with Gasteiger partial charge >= 0.3 is 0 Å². The molecule has 0 unspecified atom stereocenters. The van der Waals surface area contributed by atoms with Gasteiger partial charge in [-0.2, -0.15) is 0 Å². The van der Waals surface area contributed by atoms with Crippen LogP contribution in [0.2, 0.25) is 0 Å². The third-order valence-corrected chi connectivity index (χ3v) is 6.26. The molecule has 0 amide bonds. The first-order chi connectivity index (χ1) is 9.81. The second-order valence-corrected chi connectivity index (χ2v) is 8.07. The summed E-state index contributed by atoms with van der Waals surface area (Å²) >= 11 is 6.66. The molecule has 0 saturated heterocycles. The molecular formula is C14H14Br2N2O2S. The highest BCUT2D eigenvalue weighted by Gasteiger charge is 2.19. The van der Waals surface area contributed by atoms with Crippen molar-refractivity contribution in [3.8, 4) is 0 Å². The Morgan fingerprint density at radius 2 is 1.86 bits per heavy atom. The number of halogens is 2. The van der Waals surface area contributed by atoms with Crippen LogP contribution in [0.4, 0.5) is 0 Å². The Morgan fingerprint density at radius 3 is 2.52 bits per heavy atom. The molecule has 4 nitrogen and oxygen atoms in total. The number of hydrogen-bond donors (Lipinski definition) is 1. The van der Waals surface area contributed by atoms with E-state index in [1.165, 1.54) is 0 Å². The maximum Gasteiger partial charge on any atom is 0.242 e. The molecule has 0 radical (unpaired) electrons. The minimum atomic E-state index is -3.61. The SMILES string of the molecule is Cc1cc(Br)c(S(=O)(=O)NCc2ncccc2C)cc1Br. The summed E-state index contributed by atoms with van der Waals surface area (Å²) in [6, 6.07) is 7.08. The van der Waals surface area contributed by atoms with Crippen molar-refractivity contribution in [1.82, 2.24) is 9.71 Å². The number of aromatic nitrogens is 1. The molecule has 0 spiro atoms. The van der Waals surface area contributed by atoms with E-state index in [9.17, 15) is 8.42 Å². The Morgan fingerprint density at radius 1 is 1.14 bits per heavy atom. The van der Waals surface area contributed by atoms with Crippen molar-refractivity contribution in [3.63, 3.8) is 0 Å². The first-order valence-electron chi connectivity index (χ1n) is 6.17. The van der Waals surface area contributed by atoms with Crippen LogP contribution in [0.15, 0.2) is 44.3 Å². The summed E-state index contributed by atoms with van der Waals surface area (Å²) in [6.45, 7) is 3.96. The lowest BCUT2D eigenvalue weighted by Gasteiger charge is -2.11. The highest BCUT2D eigenvalue weighted by atomic mass is 79.9. The fraction of sp³-hybridized carbons (Fsp3) is 0.214. The largest absolute Gasteiger partial charge is 0.260 e. The van der Waals surface area contributed by atoms with Gasteiger partial charge in [-0.3, -0.25) is 4.98 Å². The fourth-order valence-corrected chi connectivity index (χ4v) is 4.44. The van der Waals surface area contributed by atoms with Crippen LogP contribution in [0.1, 0.15) is 16.8 Å². The Kier molecular flexibility index (Phi) is 5.19. The lowest BCUT2D eigenvalue weighted by atomic mass is 10.2. The smallest absolute Gasteiger partial charge is 0.242 e. The lowest BCUT2D eigenvalue weighted by Crippen LogP contribution is -2.24. The maximum atomic E-state index is 12.4. The van der Waals surface area contributed by atoms with Crippen LogP contribution in [0.3, 0.4) is 0 Å². The van der Waals surface area contributed by atoms with Crippen molar-refractivity contribution >= 4 is 41.9 Å². The quantitative estimate of drug-likeness (QED) is 0.799. The van der Waals surface area contributed by atoms with Crippen molar-refractivity contribution in [3.05, 3.63) is 56.2 Å². The zero-order valence-electron chi connectivity index (χ0n) is 11.5. The molecule has 0 bridgehead atoms. The van der Waals surface area contributed by atoms with Gasteiger partial charge in [-0.25, -0.2) is 13.1 Å². The average molecular weight is 434 g/mol. The number of pyridine rings is 1. The van der Waals surface area contributed by atoms with Crippen LogP contribution >= 0.6 is 31.9 Å². The van der Waals surface area contributed by atoms with Gasteiger partial charge in [0.2, 0.25) is 10.0 Å². The number of nitrogens with one attached hydrogen (secondary N) is 1. The number of nitrogens with zero attached hydrogens (tertiary/aromatic N) is 1. The van der Waals surface area contributed by atoms with E-state index in [1.54, 1.807) is 18.3 Å². The molecule has 1 aromatic carbocycles. The van der Waals surface area contributed by atoms with Crippen molar-refractivity contribution < 1.29 is 8.42 Å². The topological polar surface area (TPSA) is 59.1 Å². The van der Waals surface area contributed by atoms with Crippen molar-refractivity contribution in [2.45, 2.75) is 25.3 Å². The summed E-state index contributed by atoms with van der Waals surface area (Å²) in [5.74, 6) is 0. The molecule has 21 heavy (non-hydrogen) atoms. The van der Waals surface area contributed by atoms with E-state index < -0.39 is 10.0 Å². The monoisotopic (exact) mass is 432 g/mol. The van der Waals surface area contributed by atoms with Crippen molar-refractivity contribution in [1.29, 1.82) is 0 Å². The summed E-state index contributed by atoms with van der Waals surface area (Å²) in [6.07, 6.45) is 1.65. The van der Waals surface area contributed by atoms with Crippen LogP contribution in [-0.2, 0) is 16.6 Å². The normalized spacial score (nSPS) is 11.6. The minimum Gasteiger partial charge on any atom is -0.260 e. The van der Waals surface area contributed by atoms with E-state index in [4.69, 9.17) is 0 Å². The number of aryl methyl sites for hydroxylation is 2. The van der Waals surface area contributed by atoms with Gasteiger partial charge in [0.15, 0.2) is 0 Å². The summed E-state index contributed by atoms with van der Waals surface area (Å²) in [5.41, 5.74) is 2.62. The Balaban J connectivity index is 2.27. The third kappa shape index (κ3) is 3.91. The van der Waals surface area contributed by atoms with E-state index >= 15 is 0 Å². The number of hydrogen-bond acceptors (Lipinski definition) is 3. The number of benzene rings is 1. The number of rotatable bonds is 4. The van der Waals surface area contributed by atoms with Crippen molar-refractivity contribution in [2.75, 3.05) is 0 Å². The molecule has 2 rings (SSSR count).